The number of carbonyl (C=O) groups is 1. The summed E-state index contributed by atoms with van der Waals surface area (Å²) in [5.74, 6) is 0.0259. The summed E-state index contributed by atoms with van der Waals surface area (Å²) in [4.78, 5) is 10.3. The average Bonchev–Trinajstić information content (AvgIpc) is 1.83. The van der Waals surface area contributed by atoms with E-state index in [0.717, 1.165) is 5.57 Å². The molecule has 0 aliphatic rings. The highest BCUT2D eigenvalue weighted by molar-refractivity contribution is 5.87. The summed E-state index contributed by atoms with van der Waals surface area (Å²) in [5, 5.41) is 0. The van der Waals surface area contributed by atoms with Crippen molar-refractivity contribution in [1.82, 2.24) is 0 Å². The van der Waals surface area contributed by atoms with Gasteiger partial charge in [-0.1, -0.05) is 25.3 Å². The standard InChI is InChI=1S/C8H10O/c1-4-7(2)5-6-8(3)9/h4-6H,1-2H2,3H3/b6-5-. The Morgan fingerprint density at radius 1 is 1.44 bits per heavy atom. The van der Waals surface area contributed by atoms with Crippen LogP contribution in [0.4, 0.5) is 0 Å². The van der Waals surface area contributed by atoms with Crippen LogP contribution in [-0.2, 0) is 4.79 Å². The maximum atomic E-state index is 10.3. The van der Waals surface area contributed by atoms with E-state index < -0.39 is 0 Å². The molecule has 0 fully saturated rings. The van der Waals surface area contributed by atoms with Crippen molar-refractivity contribution in [3.63, 3.8) is 0 Å². The summed E-state index contributed by atoms with van der Waals surface area (Å²) in [5.41, 5.74) is 0.755. The summed E-state index contributed by atoms with van der Waals surface area (Å²) >= 11 is 0. The molecule has 0 aromatic carbocycles. The third-order valence-electron chi connectivity index (χ3n) is 0.794. The average molecular weight is 122 g/mol. The van der Waals surface area contributed by atoms with Crippen molar-refractivity contribution in [2.45, 2.75) is 6.92 Å². The predicted molar refractivity (Wildman–Crippen MR) is 39.2 cm³/mol. The van der Waals surface area contributed by atoms with Gasteiger partial charge in [-0.15, -0.1) is 0 Å². The Morgan fingerprint density at radius 3 is 2.33 bits per heavy atom. The van der Waals surface area contributed by atoms with Crippen molar-refractivity contribution in [3.8, 4) is 0 Å². The molecule has 0 N–H and O–H groups in total. The molecular weight excluding hydrogens is 112 g/mol. The van der Waals surface area contributed by atoms with E-state index in [1.165, 1.54) is 13.0 Å². The molecule has 0 spiro atoms. The molecular formula is C8H10O. The molecule has 0 aliphatic heterocycles. The topological polar surface area (TPSA) is 17.1 Å². The quantitative estimate of drug-likeness (QED) is 0.412. The maximum absolute atomic E-state index is 10.3. The minimum Gasteiger partial charge on any atom is -0.295 e. The molecule has 48 valence electrons. The second-order valence-electron chi connectivity index (χ2n) is 1.72. The van der Waals surface area contributed by atoms with Crippen molar-refractivity contribution >= 4 is 5.78 Å². The van der Waals surface area contributed by atoms with E-state index in [1.54, 1.807) is 12.2 Å². The molecule has 0 amide bonds. The van der Waals surface area contributed by atoms with Gasteiger partial charge in [-0.3, -0.25) is 4.79 Å². The first-order valence-corrected chi connectivity index (χ1v) is 2.67. The van der Waals surface area contributed by atoms with Gasteiger partial charge in [0.2, 0.25) is 0 Å². The normalized spacial score (nSPS) is 9.44. The van der Waals surface area contributed by atoms with Crippen LogP contribution in [0.15, 0.2) is 37.0 Å². The molecule has 0 atom stereocenters. The Labute approximate surface area is 55.4 Å². The Kier molecular flexibility index (Phi) is 3.37. The lowest BCUT2D eigenvalue weighted by Crippen LogP contribution is -1.79. The van der Waals surface area contributed by atoms with Gasteiger partial charge in [0.15, 0.2) is 5.78 Å². The fourth-order valence-corrected chi connectivity index (χ4v) is 0.292. The molecule has 0 saturated carbocycles. The Balaban J connectivity index is 3.85. The van der Waals surface area contributed by atoms with E-state index in [1.807, 2.05) is 0 Å². The van der Waals surface area contributed by atoms with Crippen LogP contribution in [0.3, 0.4) is 0 Å². The van der Waals surface area contributed by atoms with Crippen molar-refractivity contribution in [3.05, 3.63) is 37.0 Å². The number of hydrogen-bond donors (Lipinski definition) is 0. The fourth-order valence-electron chi connectivity index (χ4n) is 0.292. The Morgan fingerprint density at radius 2 is 2.00 bits per heavy atom. The summed E-state index contributed by atoms with van der Waals surface area (Å²) in [6.07, 6.45) is 4.69. The van der Waals surface area contributed by atoms with E-state index in [2.05, 4.69) is 13.2 Å². The first-order valence-electron chi connectivity index (χ1n) is 2.67. The number of ketones is 1. The minimum atomic E-state index is 0.0259. The van der Waals surface area contributed by atoms with Crippen LogP contribution in [0.2, 0.25) is 0 Å². The van der Waals surface area contributed by atoms with Gasteiger partial charge < -0.3 is 0 Å². The third-order valence-corrected chi connectivity index (χ3v) is 0.794. The molecule has 0 heterocycles. The zero-order valence-corrected chi connectivity index (χ0v) is 5.55. The lowest BCUT2D eigenvalue weighted by molar-refractivity contribution is -0.112. The van der Waals surface area contributed by atoms with Crippen molar-refractivity contribution in [1.29, 1.82) is 0 Å². The number of rotatable bonds is 3. The van der Waals surface area contributed by atoms with Crippen molar-refractivity contribution in [2.24, 2.45) is 0 Å². The highest BCUT2D eigenvalue weighted by Gasteiger charge is 1.80. The van der Waals surface area contributed by atoms with Crippen LogP contribution < -0.4 is 0 Å². The summed E-state index contributed by atoms with van der Waals surface area (Å²) < 4.78 is 0. The molecule has 0 aromatic rings. The molecule has 0 saturated heterocycles. The van der Waals surface area contributed by atoms with Crippen LogP contribution in [0.1, 0.15) is 6.92 Å². The van der Waals surface area contributed by atoms with Gasteiger partial charge >= 0.3 is 0 Å². The Bertz CT molecular complexity index is 163. The lowest BCUT2D eigenvalue weighted by atomic mass is 10.2. The van der Waals surface area contributed by atoms with Crippen LogP contribution in [0.25, 0.3) is 0 Å². The monoisotopic (exact) mass is 122 g/mol. The molecule has 0 radical (unpaired) electrons. The second kappa shape index (κ2) is 3.84. The lowest BCUT2D eigenvalue weighted by Gasteiger charge is -1.82. The smallest absolute Gasteiger partial charge is 0.152 e. The van der Waals surface area contributed by atoms with E-state index in [0.29, 0.717) is 0 Å². The molecule has 0 rings (SSSR count). The van der Waals surface area contributed by atoms with Crippen molar-refractivity contribution in [2.75, 3.05) is 0 Å². The second-order valence-corrected chi connectivity index (χ2v) is 1.72. The number of allylic oxidation sites excluding steroid dienone is 4. The summed E-state index contributed by atoms with van der Waals surface area (Å²) in [7, 11) is 0. The molecule has 0 aliphatic carbocycles. The third kappa shape index (κ3) is 4.75. The van der Waals surface area contributed by atoms with Crippen LogP contribution in [-0.4, -0.2) is 5.78 Å². The number of hydrogen-bond acceptors (Lipinski definition) is 1. The fraction of sp³-hybridized carbons (Fsp3) is 0.125. The molecule has 1 heteroatoms. The van der Waals surface area contributed by atoms with Crippen LogP contribution >= 0.6 is 0 Å². The minimum absolute atomic E-state index is 0.0259. The predicted octanol–water partition coefficient (Wildman–Crippen LogP) is 1.87. The summed E-state index contributed by atoms with van der Waals surface area (Å²) in [6.45, 7) is 8.56. The highest BCUT2D eigenvalue weighted by Crippen LogP contribution is 1.91. The molecule has 0 aromatic heterocycles. The zero-order valence-electron chi connectivity index (χ0n) is 5.55. The first-order chi connectivity index (χ1) is 4.16. The van der Waals surface area contributed by atoms with Gasteiger partial charge in [-0.2, -0.15) is 0 Å². The van der Waals surface area contributed by atoms with E-state index >= 15 is 0 Å². The van der Waals surface area contributed by atoms with E-state index in [-0.39, 0.29) is 5.78 Å². The van der Waals surface area contributed by atoms with Gasteiger partial charge in [0.25, 0.3) is 0 Å². The summed E-state index contributed by atoms with van der Waals surface area (Å²) in [6, 6.07) is 0. The Hall–Kier alpha value is -1.11. The van der Waals surface area contributed by atoms with Gasteiger partial charge in [0.05, 0.1) is 0 Å². The molecule has 0 bridgehead atoms. The SMILES string of the molecule is C=CC(=C)/C=C\C(C)=O. The largest absolute Gasteiger partial charge is 0.295 e. The van der Waals surface area contributed by atoms with Gasteiger partial charge in [0.1, 0.15) is 0 Å². The highest BCUT2D eigenvalue weighted by atomic mass is 16.1. The zero-order chi connectivity index (χ0) is 7.28. The van der Waals surface area contributed by atoms with Gasteiger partial charge in [0, 0.05) is 0 Å². The maximum Gasteiger partial charge on any atom is 0.152 e. The molecule has 9 heavy (non-hydrogen) atoms. The van der Waals surface area contributed by atoms with E-state index in [9.17, 15) is 4.79 Å². The van der Waals surface area contributed by atoms with E-state index in [4.69, 9.17) is 0 Å². The molecule has 1 nitrogen and oxygen atoms in total. The van der Waals surface area contributed by atoms with Gasteiger partial charge in [-0.05, 0) is 18.6 Å². The van der Waals surface area contributed by atoms with Crippen LogP contribution in [0, 0.1) is 0 Å². The first kappa shape index (κ1) is 7.89. The van der Waals surface area contributed by atoms with Crippen LogP contribution in [0.5, 0.6) is 0 Å². The van der Waals surface area contributed by atoms with Crippen molar-refractivity contribution < 1.29 is 4.79 Å². The molecule has 0 unspecified atom stereocenters. The van der Waals surface area contributed by atoms with Gasteiger partial charge in [-0.25, -0.2) is 0 Å². The number of carbonyl (C=O) groups excluding carboxylic acids is 1.